The fraction of sp³-hybridized carbons (Fsp3) is 0.316. The molecule has 1 aliphatic heterocycles. The molecule has 0 bridgehead atoms. The van der Waals surface area contributed by atoms with Gasteiger partial charge in [0, 0.05) is 11.1 Å². The molecular formula is C19H22N2O2. The van der Waals surface area contributed by atoms with Gasteiger partial charge in [-0.15, -0.1) is 0 Å². The number of benzene rings is 2. The number of hydrogen-bond acceptors (Lipinski definition) is 3. The molecule has 3 rings (SSSR count). The van der Waals surface area contributed by atoms with E-state index in [1.165, 1.54) is 0 Å². The van der Waals surface area contributed by atoms with E-state index >= 15 is 0 Å². The Morgan fingerprint density at radius 3 is 2.52 bits per heavy atom. The number of carbonyl (C=O) groups excluding carboxylic acids is 1. The van der Waals surface area contributed by atoms with E-state index in [1.54, 1.807) is 0 Å². The van der Waals surface area contributed by atoms with Crippen molar-refractivity contribution < 1.29 is 9.53 Å². The van der Waals surface area contributed by atoms with Crippen LogP contribution in [-0.4, -0.2) is 12.5 Å². The van der Waals surface area contributed by atoms with Crippen LogP contribution >= 0.6 is 0 Å². The summed E-state index contributed by atoms with van der Waals surface area (Å²) in [6, 6.07) is 12.2. The molecule has 4 nitrogen and oxygen atoms in total. The van der Waals surface area contributed by atoms with Crippen molar-refractivity contribution in [2.24, 2.45) is 5.41 Å². The molecule has 0 aliphatic carbocycles. The van der Waals surface area contributed by atoms with Crippen LogP contribution in [-0.2, 0) is 4.79 Å². The molecule has 0 aromatic heterocycles. The fourth-order valence-electron chi connectivity index (χ4n) is 2.72. The van der Waals surface area contributed by atoms with Gasteiger partial charge in [0.05, 0.1) is 12.0 Å². The van der Waals surface area contributed by atoms with Gasteiger partial charge in [0.25, 0.3) is 0 Å². The van der Waals surface area contributed by atoms with Crippen molar-refractivity contribution >= 4 is 22.8 Å². The number of hydrogen-bond donors (Lipinski definition) is 2. The largest absolute Gasteiger partial charge is 0.493 e. The molecule has 1 heterocycles. The lowest BCUT2D eigenvalue weighted by Gasteiger charge is -2.16. The third kappa shape index (κ3) is 2.77. The predicted molar refractivity (Wildman–Crippen MR) is 92.8 cm³/mol. The van der Waals surface area contributed by atoms with Crippen molar-refractivity contribution in [1.29, 1.82) is 0 Å². The number of rotatable bonds is 4. The Bertz CT molecular complexity index is 773. The zero-order valence-corrected chi connectivity index (χ0v) is 13.8. The molecule has 0 radical (unpaired) electrons. The summed E-state index contributed by atoms with van der Waals surface area (Å²) in [6.45, 7) is 6.60. The van der Waals surface area contributed by atoms with Crippen LogP contribution in [0.2, 0.25) is 0 Å². The van der Waals surface area contributed by atoms with Crippen LogP contribution in [0, 0.1) is 5.41 Å². The Hall–Kier alpha value is -2.49. The van der Waals surface area contributed by atoms with Crippen molar-refractivity contribution in [3.05, 3.63) is 47.7 Å². The summed E-state index contributed by atoms with van der Waals surface area (Å²) in [5.74, 6) is 0.860. The quantitative estimate of drug-likeness (QED) is 0.906. The van der Waals surface area contributed by atoms with Crippen LogP contribution in [0.15, 0.2) is 42.1 Å². The van der Waals surface area contributed by atoms with Gasteiger partial charge in [-0.3, -0.25) is 10.2 Å². The molecule has 4 heteroatoms. The van der Waals surface area contributed by atoms with Gasteiger partial charge in [-0.1, -0.05) is 37.3 Å². The van der Waals surface area contributed by atoms with Gasteiger partial charge in [-0.25, -0.2) is 0 Å². The molecule has 23 heavy (non-hydrogen) atoms. The van der Waals surface area contributed by atoms with E-state index in [1.807, 2.05) is 38.1 Å². The minimum atomic E-state index is -0.568. The second-order valence-electron chi connectivity index (χ2n) is 6.31. The van der Waals surface area contributed by atoms with Crippen molar-refractivity contribution in [3.63, 3.8) is 0 Å². The van der Waals surface area contributed by atoms with E-state index in [2.05, 4.69) is 36.0 Å². The summed E-state index contributed by atoms with van der Waals surface area (Å²) in [4.78, 5) is 11.9. The lowest BCUT2D eigenvalue weighted by atomic mass is 9.88. The second kappa shape index (κ2) is 5.95. The summed E-state index contributed by atoms with van der Waals surface area (Å²) >= 11 is 0. The highest BCUT2D eigenvalue weighted by Crippen LogP contribution is 2.34. The molecule has 120 valence electrons. The fourth-order valence-corrected chi connectivity index (χ4v) is 2.72. The number of nitrogens with one attached hydrogen (secondary N) is 2. The first kappa shape index (κ1) is 15.4. The molecule has 0 spiro atoms. The summed E-state index contributed by atoms with van der Waals surface area (Å²) in [6.07, 6.45) is 2.99. The Kier molecular flexibility index (Phi) is 3.99. The Labute approximate surface area is 136 Å². The van der Waals surface area contributed by atoms with Gasteiger partial charge in [0.15, 0.2) is 0 Å². The third-order valence-electron chi connectivity index (χ3n) is 4.21. The normalized spacial score (nSPS) is 18.0. The van der Waals surface area contributed by atoms with Crippen LogP contribution in [0.25, 0.3) is 16.8 Å². The van der Waals surface area contributed by atoms with Crippen molar-refractivity contribution in [2.45, 2.75) is 27.2 Å². The van der Waals surface area contributed by atoms with Crippen LogP contribution in [0.3, 0.4) is 0 Å². The molecule has 2 aromatic rings. The Morgan fingerprint density at radius 1 is 1.13 bits per heavy atom. The summed E-state index contributed by atoms with van der Waals surface area (Å²) in [5.41, 5.74) is 7.02. The lowest BCUT2D eigenvalue weighted by Crippen LogP contribution is -2.28. The molecule has 1 saturated heterocycles. The second-order valence-corrected chi connectivity index (χ2v) is 6.31. The van der Waals surface area contributed by atoms with E-state index in [0.29, 0.717) is 6.61 Å². The molecule has 2 N–H and O–H groups in total. The maximum Gasteiger partial charge on any atom is 0.249 e. The van der Waals surface area contributed by atoms with Crippen LogP contribution in [0.1, 0.15) is 32.8 Å². The number of hydrazine groups is 1. The standard InChI is InChI=1S/C19H22N2O2/c1-4-11-23-15-10-6-8-13-7-5-9-14(17(13)15)12-16-19(2,3)18(22)21-20-16/h5-10,12,20H,4,11H2,1-3H3,(H,21,22)/b16-12-. The Morgan fingerprint density at radius 2 is 1.87 bits per heavy atom. The average molecular weight is 310 g/mol. The van der Waals surface area contributed by atoms with E-state index < -0.39 is 5.41 Å². The number of ether oxygens (including phenoxy) is 1. The van der Waals surface area contributed by atoms with Crippen molar-refractivity contribution in [3.8, 4) is 5.75 Å². The summed E-state index contributed by atoms with van der Waals surface area (Å²) < 4.78 is 5.91. The highest BCUT2D eigenvalue weighted by atomic mass is 16.5. The smallest absolute Gasteiger partial charge is 0.249 e. The Balaban J connectivity index is 2.13. The zero-order chi connectivity index (χ0) is 16.4. The minimum Gasteiger partial charge on any atom is -0.493 e. The zero-order valence-electron chi connectivity index (χ0n) is 13.8. The van der Waals surface area contributed by atoms with Gasteiger partial charge < -0.3 is 10.2 Å². The van der Waals surface area contributed by atoms with Crippen molar-refractivity contribution in [1.82, 2.24) is 10.9 Å². The number of fused-ring (bicyclic) bond motifs is 1. The number of carbonyl (C=O) groups is 1. The van der Waals surface area contributed by atoms with E-state index in [0.717, 1.165) is 34.2 Å². The average Bonchev–Trinajstić information content (AvgIpc) is 2.79. The van der Waals surface area contributed by atoms with Gasteiger partial charge in [0.2, 0.25) is 5.91 Å². The monoisotopic (exact) mass is 310 g/mol. The SMILES string of the molecule is CCCOc1cccc2cccc(/C=C3\NNC(=O)C3(C)C)c12. The topological polar surface area (TPSA) is 50.4 Å². The van der Waals surface area contributed by atoms with Gasteiger partial charge in [0.1, 0.15) is 5.75 Å². The molecule has 1 aliphatic rings. The van der Waals surface area contributed by atoms with Gasteiger partial charge in [-0.2, -0.15) is 0 Å². The molecule has 0 atom stereocenters. The first-order chi connectivity index (χ1) is 11.0. The van der Waals surface area contributed by atoms with Crippen LogP contribution in [0.5, 0.6) is 5.75 Å². The van der Waals surface area contributed by atoms with Crippen molar-refractivity contribution in [2.75, 3.05) is 6.61 Å². The highest BCUT2D eigenvalue weighted by molar-refractivity contribution is 5.97. The molecule has 2 aromatic carbocycles. The lowest BCUT2D eigenvalue weighted by molar-refractivity contribution is -0.125. The molecule has 1 fully saturated rings. The number of amides is 1. The summed E-state index contributed by atoms with van der Waals surface area (Å²) in [7, 11) is 0. The van der Waals surface area contributed by atoms with Gasteiger partial charge >= 0.3 is 0 Å². The first-order valence-corrected chi connectivity index (χ1v) is 7.97. The van der Waals surface area contributed by atoms with E-state index in [9.17, 15) is 4.79 Å². The molecule has 0 saturated carbocycles. The molecular weight excluding hydrogens is 288 g/mol. The van der Waals surface area contributed by atoms with E-state index in [-0.39, 0.29) is 5.91 Å². The predicted octanol–water partition coefficient (Wildman–Crippen LogP) is 3.63. The molecule has 0 unspecified atom stereocenters. The van der Waals surface area contributed by atoms with Crippen LogP contribution in [0.4, 0.5) is 0 Å². The highest BCUT2D eigenvalue weighted by Gasteiger charge is 2.37. The summed E-state index contributed by atoms with van der Waals surface area (Å²) in [5, 5.41) is 2.20. The van der Waals surface area contributed by atoms with E-state index in [4.69, 9.17) is 4.74 Å². The van der Waals surface area contributed by atoms with Crippen LogP contribution < -0.4 is 15.6 Å². The molecule has 1 amide bonds. The third-order valence-corrected chi connectivity index (χ3v) is 4.21. The first-order valence-electron chi connectivity index (χ1n) is 7.97. The van der Waals surface area contributed by atoms with Gasteiger partial charge in [-0.05, 0) is 43.4 Å². The minimum absolute atomic E-state index is 0.0218. The maximum absolute atomic E-state index is 11.9. The maximum atomic E-state index is 11.9.